The summed E-state index contributed by atoms with van der Waals surface area (Å²) in [5, 5.41) is 0. The van der Waals surface area contributed by atoms with E-state index >= 15 is 0 Å². The van der Waals surface area contributed by atoms with Gasteiger partial charge in [0.1, 0.15) is 11.5 Å². The second kappa shape index (κ2) is 4.50. The summed E-state index contributed by atoms with van der Waals surface area (Å²) in [6.45, 7) is 0. The molecule has 4 heteroatoms. The number of hydrogen-bond acceptors (Lipinski definition) is 2. The topological polar surface area (TPSA) is 18.5 Å². The van der Waals surface area contributed by atoms with Gasteiger partial charge < -0.3 is 9.47 Å². The van der Waals surface area contributed by atoms with Gasteiger partial charge in [-0.15, -0.1) is 0 Å². The molecule has 0 aromatic heterocycles. The van der Waals surface area contributed by atoms with Crippen molar-refractivity contribution in [3.63, 3.8) is 0 Å². The van der Waals surface area contributed by atoms with E-state index in [9.17, 15) is 0 Å². The summed E-state index contributed by atoms with van der Waals surface area (Å²) in [5.41, 5.74) is 0. The lowest BCUT2D eigenvalue weighted by Gasteiger charge is -2.09. The third kappa shape index (κ3) is 1.95. The van der Waals surface area contributed by atoms with Gasteiger partial charge in [-0.2, -0.15) is 0 Å². The highest BCUT2D eigenvalue weighted by Crippen LogP contribution is 2.33. The van der Waals surface area contributed by atoms with E-state index in [-0.39, 0.29) is 0 Å². The van der Waals surface area contributed by atoms with E-state index in [1.807, 2.05) is 12.1 Å². The van der Waals surface area contributed by atoms with E-state index in [0.717, 1.165) is 18.6 Å². The van der Waals surface area contributed by atoms with Crippen LogP contribution in [0.1, 0.15) is 0 Å². The molecule has 66 valence electrons. The van der Waals surface area contributed by atoms with E-state index in [1.54, 1.807) is 14.2 Å². The molecule has 0 aliphatic rings. The number of halogens is 2. The Hall–Kier alpha value is 0.280. The lowest BCUT2D eigenvalue weighted by Crippen LogP contribution is -1.94. The first-order valence-corrected chi connectivity index (χ1v) is 5.42. The number of ether oxygens (including phenoxy) is 2. The smallest absolute Gasteiger partial charge is 0.149 e. The zero-order valence-corrected chi connectivity index (χ0v) is 11.0. The van der Waals surface area contributed by atoms with Gasteiger partial charge in [0.25, 0.3) is 0 Å². The Kier molecular flexibility index (Phi) is 3.88. The van der Waals surface area contributed by atoms with Crippen LogP contribution >= 0.6 is 45.2 Å². The van der Waals surface area contributed by atoms with Gasteiger partial charge in [0.15, 0.2) is 0 Å². The second-order valence-corrected chi connectivity index (χ2v) is 4.34. The number of hydrogen-bond donors (Lipinski definition) is 0. The van der Waals surface area contributed by atoms with Crippen LogP contribution in [0.2, 0.25) is 0 Å². The van der Waals surface area contributed by atoms with Crippen molar-refractivity contribution < 1.29 is 9.47 Å². The van der Waals surface area contributed by atoms with Crippen LogP contribution < -0.4 is 9.47 Å². The van der Waals surface area contributed by atoms with Crippen LogP contribution in [-0.4, -0.2) is 14.2 Å². The van der Waals surface area contributed by atoms with Crippen LogP contribution in [0.3, 0.4) is 0 Å². The van der Waals surface area contributed by atoms with E-state index in [2.05, 4.69) is 45.2 Å². The van der Waals surface area contributed by atoms with Gasteiger partial charge in [-0.25, -0.2) is 0 Å². The summed E-state index contributed by atoms with van der Waals surface area (Å²) in [6, 6.07) is 3.91. The highest BCUT2D eigenvalue weighted by Gasteiger charge is 2.09. The Balaban J connectivity index is 3.24. The minimum Gasteiger partial charge on any atom is -0.496 e. The molecule has 1 rings (SSSR count). The van der Waals surface area contributed by atoms with Crippen LogP contribution in [0.4, 0.5) is 0 Å². The molecule has 0 saturated carbocycles. The molecule has 2 nitrogen and oxygen atoms in total. The molecule has 0 saturated heterocycles. The predicted molar refractivity (Wildman–Crippen MR) is 65.0 cm³/mol. The van der Waals surface area contributed by atoms with Crippen molar-refractivity contribution in [1.29, 1.82) is 0 Å². The first kappa shape index (κ1) is 10.4. The van der Waals surface area contributed by atoms with Crippen molar-refractivity contribution in [3.05, 3.63) is 19.3 Å². The predicted octanol–water partition coefficient (Wildman–Crippen LogP) is 2.91. The van der Waals surface area contributed by atoms with Crippen molar-refractivity contribution in [2.45, 2.75) is 0 Å². The SMILES string of the molecule is COc1ccc(I)c(OC)c1I. The van der Waals surface area contributed by atoms with Gasteiger partial charge in [0.05, 0.1) is 21.4 Å². The minimum atomic E-state index is 0.855. The third-order valence-electron chi connectivity index (χ3n) is 1.44. The summed E-state index contributed by atoms with van der Waals surface area (Å²) < 4.78 is 12.5. The molecule has 0 amide bonds. The fourth-order valence-electron chi connectivity index (χ4n) is 0.859. The van der Waals surface area contributed by atoms with Crippen LogP contribution in [0, 0.1) is 7.14 Å². The fourth-order valence-corrected chi connectivity index (χ4v) is 2.96. The second-order valence-electron chi connectivity index (χ2n) is 2.10. The van der Waals surface area contributed by atoms with Gasteiger partial charge >= 0.3 is 0 Å². The molecular formula is C8H8I2O2. The normalized spacial score (nSPS) is 9.67. The number of benzene rings is 1. The molecule has 0 aliphatic carbocycles. The monoisotopic (exact) mass is 390 g/mol. The minimum absolute atomic E-state index is 0.855. The number of rotatable bonds is 2. The Morgan fingerprint density at radius 1 is 1.08 bits per heavy atom. The Morgan fingerprint density at radius 3 is 2.25 bits per heavy atom. The average molecular weight is 390 g/mol. The maximum atomic E-state index is 5.22. The standard InChI is InChI=1S/C8H8I2O2/c1-11-6-4-3-5(9)8(12-2)7(6)10/h3-4H,1-2H3. The summed E-state index contributed by atoms with van der Waals surface area (Å²) in [4.78, 5) is 0. The zero-order chi connectivity index (χ0) is 9.14. The zero-order valence-electron chi connectivity index (χ0n) is 6.73. The van der Waals surface area contributed by atoms with Crippen LogP contribution in [0.5, 0.6) is 11.5 Å². The van der Waals surface area contributed by atoms with E-state index < -0.39 is 0 Å². The molecule has 1 aromatic carbocycles. The average Bonchev–Trinajstić information content (AvgIpc) is 2.06. The van der Waals surface area contributed by atoms with Crippen LogP contribution in [-0.2, 0) is 0 Å². The molecule has 0 N–H and O–H groups in total. The highest BCUT2D eigenvalue weighted by molar-refractivity contribution is 14.1. The first-order valence-electron chi connectivity index (χ1n) is 3.26. The Morgan fingerprint density at radius 2 is 1.75 bits per heavy atom. The van der Waals surface area contributed by atoms with Crippen molar-refractivity contribution >= 4 is 45.2 Å². The van der Waals surface area contributed by atoms with Crippen molar-refractivity contribution in [1.82, 2.24) is 0 Å². The van der Waals surface area contributed by atoms with Gasteiger partial charge in [0, 0.05) is 0 Å². The highest BCUT2D eigenvalue weighted by atomic mass is 127. The fraction of sp³-hybridized carbons (Fsp3) is 0.250. The molecule has 0 spiro atoms. The lowest BCUT2D eigenvalue weighted by atomic mass is 10.3. The third-order valence-corrected chi connectivity index (χ3v) is 3.31. The molecule has 12 heavy (non-hydrogen) atoms. The van der Waals surface area contributed by atoms with E-state index in [0.29, 0.717) is 0 Å². The van der Waals surface area contributed by atoms with E-state index in [1.165, 1.54) is 0 Å². The maximum Gasteiger partial charge on any atom is 0.149 e. The van der Waals surface area contributed by atoms with Crippen LogP contribution in [0.25, 0.3) is 0 Å². The van der Waals surface area contributed by atoms with Gasteiger partial charge in [-0.3, -0.25) is 0 Å². The summed E-state index contributed by atoms with van der Waals surface area (Å²) in [7, 11) is 3.32. The van der Waals surface area contributed by atoms with Crippen LogP contribution in [0.15, 0.2) is 12.1 Å². The first-order chi connectivity index (χ1) is 5.70. The van der Waals surface area contributed by atoms with Gasteiger partial charge in [-0.1, -0.05) is 0 Å². The van der Waals surface area contributed by atoms with Gasteiger partial charge in [-0.05, 0) is 57.3 Å². The molecule has 0 bridgehead atoms. The summed E-state index contributed by atoms with van der Waals surface area (Å²) >= 11 is 4.45. The quantitative estimate of drug-likeness (QED) is 0.724. The maximum absolute atomic E-state index is 5.22. The van der Waals surface area contributed by atoms with Crippen molar-refractivity contribution in [2.75, 3.05) is 14.2 Å². The summed E-state index contributed by atoms with van der Waals surface area (Å²) in [5.74, 6) is 1.74. The Labute approximate surface area is 98.9 Å². The largest absolute Gasteiger partial charge is 0.496 e. The molecule has 0 aliphatic heterocycles. The lowest BCUT2D eigenvalue weighted by molar-refractivity contribution is 0.387. The molecule has 0 heterocycles. The van der Waals surface area contributed by atoms with Gasteiger partial charge in [0.2, 0.25) is 0 Å². The van der Waals surface area contributed by atoms with Crippen molar-refractivity contribution in [3.8, 4) is 11.5 Å². The molecule has 0 atom stereocenters. The van der Waals surface area contributed by atoms with Crippen molar-refractivity contribution in [2.24, 2.45) is 0 Å². The molecular weight excluding hydrogens is 382 g/mol. The molecule has 0 radical (unpaired) electrons. The molecule has 0 unspecified atom stereocenters. The Bertz CT molecular complexity index is 287. The number of methoxy groups -OCH3 is 2. The summed E-state index contributed by atoms with van der Waals surface area (Å²) in [6.07, 6.45) is 0. The molecule has 1 aromatic rings. The molecule has 0 fully saturated rings. The van der Waals surface area contributed by atoms with E-state index in [4.69, 9.17) is 9.47 Å².